The number of hydrogen-bond donors (Lipinski definition) is 0. The van der Waals surface area contributed by atoms with Crippen LogP contribution in [0.1, 0.15) is 51.2 Å². The molecule has 1 aliphatic rings. The molecule has 0 aliphatic carbocycles. The second-order valence-corrected chi connectivity index (χ2v) is 6.98. The number of rotatable bonds is 5. The fraction of sp³-hybridized carbons (Fsp3) is 0.667. The summed E-state index contributed by atoms with van der Waals surface area (Å²) in [5.74, 6) is 1.04. The minimum absolute atomic E-state index is 0.207. The maximum Gasteiger partial charge on any atom is 0.122 e. The standard InChI is InChI=1S/C18H29NO/c1-15-14-16(18(2,3)4)8-9-17(15)20-13-7-12-19-10-5-6-11-19/h8-9,14H,5-7,10-13H2,1-4H3. The van der Waals surface area contributed by atoms with E-state index in [1.807, 2.05) is 0 Å². The molecule has 2 heteroatoms. The van der Waals surface area contributed by atoms with Crippen LogP contribution in [-0.2, 0) is 5.41 Å². The molecule has 0 radical (unpaired) electrons. The normalized spacial score (nSPS) is 16.6. The van der Waals surface area contributed by atoms with Crippen LogP contribution in [0, 0.1) is 6.92 Å². The molecule has 0 atom stereocenters. The topological polar surface area (TPSA) is 12.5 Å². The van der Waals surface area contributed by atoms with Crippen LogP contribution in [0.4, 0.5) is 0 Å². The molecule has 0 aromatic heterocycles. The Bertz CT molecular complexity index is 428. The van der Waals surface area contributed by atoms with Crippen LogP contribution in [-0.4, -0.2) is 31.1 Å². The van der Waals surface area contributed by atoms with Gasteiger partial charge in [0, 0.05) is 6.54 Å². The van der Waals surface area contributed by atoms with E-state index < -0.39 is 0 Å². The van der Waals surface area contributed by atoms with Gasteiger partial charge in [0.1, 0.15) is 5.75 Å². The number of benzene rings is 1. The summed E-state index contributed by atoms with van der Waals surface area (Å²) in [6.07, 6.45) is 3.86. The summed E-state index contributed by atoms with van der Waals surface area (Å²) < 4.78 is 5.94. The highest BCUT2D eigenvalue weighted by molar-refractivity contribution is 5.38. The minimum Gasteiger partial charge on any atom is -0.493 e. The van der Waals surface area contributed by atoms with Crippen LogP contribution in [0.3, 0.4) is 0 Å². The van der Waals surface area contributed by atoms with Gasteiger partial charge in [0.05, 0.1) is 6.61 Å². The maximum absolute atomic E-state index is 5.94. The molecule has 0 saturated carbocycles. The summed E-state index contributed by atoms with van der Waals surface area (Å²) in [5, 5.41) is 0. The molecule has 1 aliphatic heterocycles. The number of ether oxygens (including phenoxy) is 1. The highest BCUT2D eigenvalue weighted by Gasteiger charge is 2.15. The van der Waals surface area contributed by atoms with Gasteiger partial charge in [0.25, 0.3) is 0 Å². The van der Waals surface area contributed by atoms with Gasteiger partial charge in [-0.1, -0.05) is 32.9 Å². The van der Waals surface area contributed by atoms with E-state index in [0.29, 0.717) is 0 Å². The van der Waals surface area contributed by atoms with Crippen molar-refractivity contribution in [2.24, 2.45) is 0 Å². The van der Waals surface area contributed by atoms with E-state index in [0.717, 1.165) is 18.8 Å². The molecule has 112 valence electrons. The largest absolute Gasteiger partial charge is 0.493 e. The van der Waals surface area contributed by atoms with Gasteiger partial charge in [-0.05, 0) is 61.9 Å². The van der Waals surface area contributed by atoms with Crippen LogP contribution in [0.15, 0.2) is 18.2 Å². The van der Waals surface area contributed by atoms with Crippen molar-refractivity contribution in [1.82, 2.24) is 4.90 Å². The second-order valence-electron chi connectivity index (χ2n) is 6.98. The van der Waals surface area contributed by atoms with E-state index in [-0.39, 0.29) is 5.41 Å². The first-order valence-electron chi connectivity index (χ1n) is 7.93. The summed E-state index contributed by atoms with van der Waals surface area (Å²) >= 11 is 0. The molecule has 1 fully saturated rings. The third-order valence-corrected chi connectivity index (χ3v) is 4.12. The fourth-order valence-electron chi connectivity index (χ4n) is 2.75. The molecule has 0 spiro atoms. The fourth-order valence-corrected chi connectivity index (χ4v) is 2.75. The first-order chi connectivity index (χ1) is 9.47. The van der Waals surface area contributed by atoms with E-state index >= 15 is 0 Å². The van der Waals surface area contributed by atoms with Crippen molar-refractivity contribution in [3.05, 3.63) is 29.3 Å². The zero-order valence-electron chi connectivity index (χ0n) is 13.5. The Morgan fingerprint density at radius 3 is 2.45 bits per heavy atom. The zero-order valence-corrected chi connectivity index (χ0v) is 13.5. The molecule has 1 heterocycles. The molecular weight excluding hydrogens is 246 g/mol. The molecule has 1 aromatic carbocycles. The van der Waals surface area contributed by atoms with Crippen molar-refractivity contribution in [2.75, 3.05) is 26.2 Å². The van der Waals surface area contributed by atoms with Gasteiger partial charge in [-0.3, -0.25) is 0 Å². The minimum atomic E-state index is 0.207. The quantitative estimate of drug-likeness (QED) is 0.748. The highest BCUT2D eigenvalue weighted by Crippen LogP contribution is 2.27. The molecule has 2 nitrogen and oxygen atoms in total. The van der Waals surface area contributed by atoms with Crippen molar-refractivity contribution >= 4 is 0 Å². The van der Waals surface area contributed by atoms with Crippen LogP contribution in [0.25, 0.3) is 0 Å². The van der Waals surface area contributed by atoms with Crippen molar-refractivity contribution in [2.45, 2.75) is 52.4 Å². The average molecular weight is 275 g/mol. The van der Waals surface area contributed by atoms with Gasteiger partial charge < -0.3 is 9.64 Å². The SMILES string of the molecule is Cc1cc(C(C)(C)C)ccc1OCCCN1CCCC1. The Morgan fingerprint density at radius 1 is 1.15 bits per heavy atom. The molecule has 0 bridgehead atoms. The lowest BCUT2D eigenvalue weighted by atomic mass is 9.86. The molecule has 0 amide bonds. The third kappa shape index (κ3) is 4.24. The summed E-state index contributed by atoms with van der Waals surface area (Å²) in [5.41, 5.74) is 2.83. The van der Waals surface area contributed by atoms with Gasteiger partial charge in [-0.15, -0.1) is 0 Å². The van der Waals surface area contributed by atoms with Crippen molar-refractivity contribution in [1.29, 1.82) is 0 Å². The predicted octanol–water partition coefficient (Wildman–Crippen LogP) is 4.16. The number of aryl methyl sites for hydroxylation is 1. The first kappa shape index (κ1) is 15.4. The molecule has 1 saturated heterocycles. The Hall–Kier alpha value is -1.02. The maximum atomic E-state index is 5.94. The zero-order chi connectivity index (χ0) is 14.6. The second kappa shape index (κ2) is 6.62. The van der Waals surface area contributed by atoms with Crippen LogP contribution < -0.4 is 4.74 Å². The summed E-state index contributed by atoms with van der Waals surface area (Å²) in [6, 6.07) is 6.59. The van der Waals surface area contributed by atoms with Gasteiger partial charge in [-0.25, -0.2) is 0 Å². The van der Waals surface area contributed by atoms with Crippen molar-refractivity contribution in [3.63, 3.8) is 0 Å². The van der Waals surface area contributed by atoms with E-state index in [1.165, 1.54) is 43.6 Å². The van der Waals surface area contributed by atoms with Gasteiger partial charge in [0.15, 0.2) is 0 Å². The lowest BCUT2D eigenvalue weighted by Gasteiger charge is -2.21. The van der Waals surface area contributed by atoms with Gasteiger partial charge >= 0.3 is 0 Å². The van der Waals surface area contributed by atoms with Crippen LogP contribution >= 0.6 is 0 Å². The molecular formula is C18H29NO. The molecule has 20 heavy (non-hydrogen) atoms. The first-order valence-corrected chi connectivity index (χ1v) is 7.93. The number of hydrogen-bond acceptors (Lipinski definition) is 2. The lowest BCUT2D eigenvalue weighted by molar-refractivity contribution is 0.262. The van der Waals surface area contributed by atoms with E-state index in [4.69, 9.17) is 4.74 Å². The van der Waals surface area contributed by atoms with E-state index in [1.54, 1.807) is 0 Å². The van der Waals surface area contributed by atoms with E-state index in [2.05, 4.69) is 50.8 Å². The molecule has 1 aromatic rings. The molecule has 0 N–H and O–H groups in total. The van der Waals surface area contributed by atoms with Crippen LogP contribution in [0.2, 0.25) is 0 Å². The lowest BCUT2D eigenvalue weighted by Crippen LogP contribution is -2.22. The summed E-state index contributed by atoms with van der Waals surface area (Å²) in [7, 11) is 0. The monoisotopic (exact) mass is 275 g/mol. The summed E-state index contributed by atoms with van der Waals surface area (Å²) in [6.45, 7) is 13.4. The van der Waals surface area contributed by atoms with Gasteiger partial charge in [0.2, 0.25) is 0 Å². The Balaban J connectivity index is 1.80. The third-order valence-electron chi connectivity index (χ3n) is 4.12. The Labute approximate surface area is 124 Å². The Morgan fingerprint density at radius 2 is 1.85 bits per heavy atom. The average Bonchev–Trinajstić information content (AvgIpc) is 2.88. The smallest absolute Gasteiger partial charge is 0.122 e. The Kier molecular flexibility index (Phi) is 5.09. The predicted molar refractivity (Wildman–Crippen MR) is 85.7 cm³/mol. The number of nitrogens with zero attached hydrogens (tertiary/aromatic N) is 1. The summed E-state index contributed by atoms with van der Waals surface area (Å²) in [4.78, 5) is 2.54. The van der Waals surface area contributed by atoms with Crippen molar-refractivity contribution in [3.8, 4) is 5.75 Å². The van der Waals surface area contributed by atoms with Crippen LogP contribution in [0.5, 0.6) is 5.75 Å². The number of likely N-dealkylation sites (tertiary alicyclic amines) is 1. The van der Waals surface area contributed by atoms with Crippen molar-refractivity contribution < 1.29 is 4.74 Å². The highest BCUT2D eigenvalue weighted by atomic mass is 16.5. The van der Waals surface area contributed by atoms with Gasteiger partial charge in [-0.2, -0.15) is 0 Å². The molecule has 0 unspecified atom stereocenters. The molecule has 2 rings (SSSR count). The van der Waals surface area contributed by atoms with E-state index in [9.17, 15) is 0 Å².